The van der Waals surface area contributed by atoms with Gasteiger partial charge in [-0.1, -0.05) is 0 Å². The fourth-order valence-electron chi connectivity index (χ4n) is 1.85. The molecule has 1 fully saturated rings. The maximum atomic E-state index is 13.7. The van der Waals surface area contributed by atoms with Crippen LogP contribution in [0.25, 0.3) is 0 Å². The molecule has 1 aliphatic rings. The van der Waals surface area contributed by atoms with Crippen LogP contribution in [0.15, 0.2) is 12.1 Å². The quantitative estimate of drug-likeness (QED) is 0.469. The van der Waals surface area contributed by atoms with Crippen molar-refractivity contribution >= 4 is 17.3 Å². The van der Waals surface area contributed by atoms with Crippen molar-refractivity contribution in [2.45, 2.75) is 0 Å². The van der Waals surface area contributed by atoms with Crippen molar-refractivity contribution in [3.05, 3.63) is 33.6 Å². The summed E-state index contributed by atoms with van der Waals surface area (Å²) in [6.45, 7) is 1.77. The number of nitro benzene ring substituents is 1. The van der Waals surface area contributed by atoms with Gasteiger partial charge in [-0.15, -0.1) is 0 Å². The number of anilines is 1. The fraction of sp³-hybridized carbons (Fsp3) is 0.364. The number of rotatable bonds is 3. The predicted molar refractivity (Wildman–Crippen MR) is 67.3 cm³/mol. The SMILES string of the molecule is Nc1c([N+](=O)[O-])ccc(F)c1C(=O)NN1CCOCC1. The molecule has 1 aromatic carbocycles. The number of nitrogen functional groups attached to an aromatic ring is 1. The predicted octanol–water partition coefficient (Wildman–Crippen LogP) is 0.293. The van der Waals surface area contributed by atoms with Crippen molar-refractivity contribution in [1.82, 2.24) is 10.4 Å². The third-order valence-electron chi connectivity index (χ3n) is 2.87. The van der Waals surface area contributed by atoms with Crippen LogP contribution in [0.4, 0.5) is 15.8 Å². The molecule has 0 bridgehead atoms. The van der Waals surface area contributed by atoms with Gasteiger partial charge in [-0.05, 0) is 6.07 Å². The van der Waals surface area contributed by atoms with E-state index in [1.54, 1.807) is 5.01 Å². The first-order valence-electron chi connectivity index (χ1n) is 5.86. The normalized spacial score (nSPS) is 15.8. The number of nitro groups is 1. The van der Waals surface area contributed by atoms with Crippen LogP contribution in [0.5, 0.6) is 0 Å². The molecule has 0 aromatic heterocycles. The number of nitrogens with zero attached hydrogens (tertiary/aromatic N) is 2. The number of benzene rings is 1. The lowest BCUT2D eigenvalue weighted by molar-refractivity contribution is -0.384. The summed E-state index contributed by atoms with van der Waals surface area (Å²) in [6, 6.07) is 1.78. The first kappa shape index (κ1) is 14.2. The van der Waals surface area contributed by atoms with E-state index in [0.29, 0.717) is 26.3 Å². The Kier molecular flexibility index (Phi) is 4.11. The van der Waals surface area contributed by atoms with Gasteiger partial charge in [-0.2, -0.15) is 0 Å². The lowest BCUT2D eigenvalue weighted by atomic mass is 10.1. The second-order valence-electron chi connectivity index (χ2n) is 4.15. The molecule has 108 valence electrons. The molecule has 1 aromatic rings. The zero-order valence-corrected chi connectivity index (χ0v) is 10.5. The molecule has 20 heavy (non-hydrogen) atoms. The Morgan fingerprint density at radius 1 is 1.45 bits per heavy atom. The van der Waals surface area contributed by atoms with Crippen LogP contribution in [-0.2, 0) is 4.74 Å². The Balaban J connectivity index is 2.24. The standard InChI is InChI=1S/C11H13FN4O4/c12-7-1-2-8(16(18)19)10(13)9(7)11(17)14-15-3-5-20-6-4-15/h1-2H,3-6,13H2,(H,14,17). The highest BCUT2D eigenvalue weighted by molar-refractivity contribution is 6.01. The van der Waals surface area contributed by atoms with Crippen molar-refractivity contribution in [2.24, 2.45) is 0 Å². The van der Waals surface area contributed by atoms with Gasteiger partial charge in [0.1, 0.15) is 17.1 Å². The van der Waals surface area contributed by atoms with E-state index in [1.807, 2.05) is 0 Å². The molecule has 1 amide bonds. The minimum atomic E-state index is -0.904. The molecular weight excluding hydrogens is 271 g/mol. The van der Waals surface area contributed by atoms with E-state index in [4.69, 9.17) is 10.5 Å². The van der Waals surface area contributed by atoms with Crippen LogP contribution >= 0.6 is 0 Å². The summed E-state index contributed by atoms with van der Waals surface area (Å²) in [7, 11) is 0. The van der Waals surface area contributed by atoms with Crippen LogP contribution in [0.1, 0.15) is 10.4 Å². The number of halogens is 1. The summed E-state index contributed by atoms with van der Waals surface area (Å²) >= 11 is 0. The lowest BCUT2D eigenvalue weighted by Gasteiger charge is -2.27. The van der Waals surface area contributed by atoms with Gasteiger partial charge in [0.05, 0.1) is 18.1 Å². The maximum Gasteiger partial charge on any atom is 0.293 e. The monoisotopic (exact) mass is 284 g/mol. The number of carbonyl (C=O) groups excluding carboxylic acids is 1. The minimum absolute atomic E-state index is 0.438. The highest BCUT2D eigenvalue weighted by Crippen LogP contribution is 2.27. The molecule has 1 saturated heterocycles. The van der Waals surface area contributed by atoms with Crippen molar-refractivity contribution < 1.29 is 18.8 Å². The molecule has 0 unspecified atom stereocenters. The molecule has 9 heteroatoms. The molecule has 3 N–H and O–H groups in total. The Labute approximate surface area is 113 Å². The largest absolute Gasteiger partial charge is 0.392 e. The van der Waals surface area contributed by atoms with E-state index < -0.39 is 33.6 Å². The molecule has 1 aliphatic heterocycles. The Morgan fingerprint density at radius 3 is 2.70 bits per heavy atom. The van der Waals surface area contributed by atoms with Gasteiger partial charge in [0.15, 0.2) is 0 Å². The average molecular weight is 284 g/mol. The van der Waals surface area contributed by atoms with Crippen LogP contribution < -0.4 is 11.2 Å². The Morgan fingerprint density at radius 2 is 2.10 bits per heavy atom. The second kappa shape index (κ2) is 5.80. The zero-order valence-electron chi connectivity index (χ0n) is 10.5. The first-order chi connectivity index (χ1) is 9.50. The summed E-state index contributed by atoms with van der Waals surface area (Å²) in [5.74, 6) is -1.72. The van der Waals surface area contributed by atoms with Gasteiger partial charge < -0.3 is 10.5 Å². The first-order valence-corrected chi connectivity index (χ1v) is 5.86. The van der Waals surface area contributed by atoms with E-state index in [0.717, 1.165) is 12.1 Å². The topological polar surface area (TPSA) is 111 Å². The third kappa shape index (κ3) is 2.83. The number of amides is 1. The molecule has 8 nitrogen and oxygen atoms in total. The van der Waals surface area contributed by atoms with Gasteiger partial charge in [-0.3, -0.25) is 20.3 Å². The summed E-state index contributed by atoms with van der Waals surface area (Å²) in [4.78, 5) is 22.0. The molecule has 1 heterocycles. The van der Waals surface area contributed by atoms with Gasteiger partial charge in [0.2, 0.25) is 0 Å². The molecule has 0 radical (unpaired) electrons. The molecule has 2 rings (SSSR count). The van der Waals surface area contributed by atoms with Crippen LogP contribution in [0, 0.1) is 15.9 Å². The summed E-state index contributed by atoms with van der Waals surface area (Å²) in [6.07, 6.45) is 0. The van der Waals surface area contributed by atoms with Crippen LogP contribution in [0.3, 0.4) is 0 Å². The molecule has 0 saturated carbocycles. The van der Waals surface area contributed by atoms with Gasteiger partial charge in [0, 0.05) is 19.2 Å². The fourth-order valence-corrected chi connectivity index (χ4v) is 1.85. The van der Waals surface area contributed by atoms with E-state index in [1.165, 1.54) is 0 Å². The summed E-state index contributed by atoms with van der Waals surface area (Å²) < 4.78 is 18.8. The molecule has 0 atom stereocenters. The van der Waals surface area contributed by atoms with Gasteiger partial charge in [0.25, 0.3) is 11.6 Å². The number of nitrogens with two attached hydrogens (primary N) is 1. The maximum absolute atomic E-state index is 13.7. The summed E-state index contributed by atoms with van der Waals surface area (Å²) in [5.41, 5.74) is 6.45. The molecule has 0 spiro atoms. The highest BCUT2D eigenvalue weighted by Gasteiger charge is 2.25. The smallest absolute Gasteiger partial charge is 0.293 e. The minimum Gasteiger partial charge on any atom is -0.392 e. The van der Waals surface area contributed by atoms with E-state index in [2.05, 4.69) is 5.43 Å². The number of hydrogen-bond acceptors (Lipinski definition) is 6. The molecular formula is C11H13FN4O4. The average Bonchev–Trinajstić information content (AvgIpc) is 2.39. The third-order valence-corrected chi connectivity index (χ3v) is 2.87. The van der Waals surface area contributed by atoms with Gasteiger partial charge >= 0.3 is 0 Å². The Bertz CT molecular complexity index is 545. The van der Waals surface area contributed by atoms with Crippen molar-refractivity contribution in [3.63, 3.8) is 0 Å². The number of nitrogens with one attached hydrogen (secondary N) is 1. The highest BCUT2D eigenvalue weighted by atomic mass is 19.1. The second-order valence-corrected chi connectivity index (χ2v) is 4.15. The van der Waals surface area contributed by atoms with E-state index in [-0.39, 0.29) is 0 Å². The van der Waals surface area contributed by atoms with Gasteiger partial charge in [-0.25, -0.2) is 9.40 Å². The van der Waals surface area contributed by atoms with Crippen LogP contribution in [-0.4, -0.2) is 42.1 Å². The van der Waals surface area contributed by atoms with E-state index in [9.17, 15) is 19.3 Å². The van der Waals surface area contributed by atoms with Crippen molar-refractivity contribution in [1.29, 1.82) is 0 Å². The van der Waals surface area contributed by atoms with Crippen molar-refractivity contribution in [3.8, 4) is 0 Å². The number of ether oxygens (including phenoxy) is 1. The Hall–Kier alpha value is -2.26. The van der Waals surface area contributed by atoms with Crippen molar-refractivity contribution in [2.75, 3.05) is 32.0 Å². The summed E-state index contributed by atoms with van der Waals surface area (Å²) in [5, 5.41) is 12.3. The number of morpholine rings is 1. The number of hydrogen-bond donors (Lipinski definition) is 2. The molecule has 0 aliphatic carbocycles. The number of hydrazine groups is 1. The van der Waals surface area contributed by atoms with Crippen LogP contribution in [0.2, 0.25) is 0 Å². The van der Waals surface area contributed by atoms with E-state index >= 15 is 0 Å². The number of carbonyl (C=O) groups is 1. The zero-order chi connectivity index (χ0) is 14.7. The lowest BCUT2D eigenvalue weighted by Crippen LogP contribution is -2.48.